The van der Waals surface area contributed by atoms with Gasteiger partial charge in [0, 0.05) is 29.9 Å². The number of nitrogens with zero attached hydrogens (tertiary/aromatic N) is 2. The molecule has 0 unspecified atom stereocenters. The molecular weight excluding hydrogens is 264 g/mol. The summed E-state index contributed by atoms with van der Waals surface area (Å²) in [7, 11) is 0. The third-order valence-electron chi connectivity index (χ3n) is 2.92. The molecule has 5 heteroatoms. The minimum absolute atomic E-state index is 0.429. The molecule has 19 heavy (non-hydrogen) atoms. The van der Waals surface area contributed by atoms with Crippen molar-refractivity contribution in [1.82, 2.24) is 4.90 Å². The summed E-state index contributed by atoms with van der Waals surface area (Å²) in [6, 6.07) is 7.20. The molecule has 2 rings (SSSR count). The van der Waals surface area contributed by atoms with Crippen molar-refractivity contribution in [3.05, 3.63) is 46.6 Å². The van der Waals surface area contributed by atoms with E-state index in [1.165, 1.54) is 0 Å². The van der Waals surface area contributed by atoms with Crippen LogP contribution < -0.4 is 0 Å². The van der Waals surface area contributed by atoms with E-state index in [1.54, 1.807) is 18.3 Å². The molecule has 0 amide bonds. The van der Waals surface area contributed by atoms with Gasteiger partial charge in [-0.15, -0.1) is 0 Å². The second-order valence-corrected chi connectivity index (χ2v) is 4.53. The zero-order chi connectivity index (χ0) is 13.8. The van der Waals surface area contributed by atoms with Crippen molar-refractivity contribution in [1.29, 1.82) is 0 Å². The summed E-state index contributed by atoms with van der Waals surface area (Å²) in [6.45, 7) is 5.68. The molecule has 100 valence electrons. The zero-order valence-corrected chi connectivity index (χ0v) is 11.6. The number of carbonyl (C=O) groups is 1. The van der Waals surface area contributed by atoms with Crippen LogP contribution in [-0.2, 0) is 9.63 Å². The first kappa shape index (κ1) is 13.6. The molecule has 1 aromatic rings. The number of rotatable bonds is 4. The maximum atomic E-state index is 11.7. The maximum absolute atomic E-state index is 11.7. The largest absolute Gasteiger partial charge is 0.377 e. The lowest BCUT2D eigenvalue weighted by molar-refractivity contribution is -0.136. The van der Waals surface area contributed by atoms with Gasteiger partial charge in [-0.2, -0.15) is 0 Å². The summed E-state index contributed by atoms with van der Waals surface area (Å²) in [5.41, 5.74) is 1.77. The summed E-state index contributed by atoms with van der Waals surface area (Å²) in [4.78, 5) is 18.5. The van der Waals surface area contributed by atoms with Crippen molar-refractivity contribution in [2.75, 3.05) is 13.1 Å². The predicted octanol–water partition coefficient (Wildman–Crippen LogP) is 2.83. The van der Waals surface area contributed by atoms with E-state index in [0.717, 1.165) is 18.7 Å². The molecule has 1 aromatic carbocycles. The van der Waals surface area contributed by atoms with Crippen molar-refractivity contribution in [2.45, 2.75) is 13.8 Å². The Morgan fingerprint density at radius 1 is 1.37 bits per heavy atom. The van der Waals surface area contributed by atoms with Crippen molar-refractivity contribution >= 4 is 23.3 Å². The van der Waals surface area contributed by atoms with Gasteiger partial charge in [0.25, 0.3) is 0 Å². The minimum Gasteiger partial charge on any atom is -0.377 e. The van der Waals surface area contributed by atoms with Crippen LogP contribution in [0.2, 0.25) is 5.02 Å². The van der Waals surface area contributed by atoms with Crippen LogP contribution in [0.3, 0.4) is 0 Å². The Morgan fingerprint density at radius 2 is 2.11 bits per heavy atom. The third kappa shape index (κ3) is 2.96. The van der Waals surface area contributed by atoms with E-state index in [2.05, 4.69) is 5.16 Å². The molecule has 1 aliphatic rings. The van der Waals surface area contributed by atoms with Crippen LogP contribution in [-0.4, -0.2) is 29.7 Å². The standard InChI is InChI=1S/C14H15ClN2O2/c1-3-17(4-2)9-12-13(16-19-14(12)18)10-6-5-7-11(15)8-10/h5-9H,3-4H2,1-2H3/b12-9-. The lowest BCUT2D eigenvalue weighted by Crippen LogP contribution is -2.19. The van der Waals surface area contributed by atoms with Gasteiger partial charge in [-0.25, -0.2) is 4.79 Å². The Balaban J connectivity index is 2.37. The van der Waals surface area contributed by atoms with E-state index in [4.69, 9.17) is 16.4 Å². The average molecular weight is 279 g/mol. The number of halogens is 1. The van der Waals surface area contributed by atoms with Gasteiger partial charge < -0.3 is 9.74 Å². The fraction of sp³-hybridized carbons (Fsp3) is 0.286. The Hall–Kier alpha value is -1.81. The lowest BCUT2D eigenvalue weighted by atomic mass is 10.0. The summed E-state index contributed by atoms with van der Waals surface area (Å²) in [6.07, 6.45) is 1.79. The van der Waals surface area contributed by atoms with E-state index in [-0.39, 0.29) is 0 Å². The van der Waals surface area contributed by atoms with Crippen LogP contribution in [0, 0.1) is 0 Å². The number of carbonyl (C=O) groups excluding carboxylic acids is 1. The first-order valence-corrected chi connectivity index (χ1v) is 6.55. The highest BCUT2D eigenvalue weighted by Gasteiger charge is 2.27. The van der Waals surface area contributed by atoms with Gasteiger partial charge in [0.1, 0.15) is 11.3 Å². The highest BCUT2D eigenvalue weighted by atomic mass is 35.5. The molecule has 1 heterocycles. The first-order chi connectivity index (χ1) is 9.15. The van der Waals surface area contributed by atoms with Crippen LogP contribution in [0.15, 0.2) is 41.2 Å². The second kappa shape index (κ2) is 5.89. The summed E-state index contributed by atoms with van der Waals surface area (Å²) in [5, 5.41) is 4.44. The minimum atomic E-state index is -0.429. The third-order valence-corrected chi connectivity index (χ3v) is 3.15. The SMILES string of the molecule is CCN(/C=C1\C(=O)ON=C1c1cccc(Cl)c1)CC. The molecule has 0 fully saturated rings. The smallest absolute Gasteiger partial charge is 0.369 e. The van der Waals surface area contributed by atoms with Gasteiger partial charge in [-0.3, -0.25) is 0 Å². The van der Waals surface area contributed by atoms with E-state index in [1.807, 2.05) is 30.9 Å². The Kier molecular flexibility index (Phi) is 4.22. The fourth-order valence-corrected chi connectivity index (χ4v) is 2.02. The molecule has 0 saturated carbocycles. The topological polar surface area (TPSA) is 41.9 Å². The predicted molar refractivity (Wildman–Crippen MR) is 75.1 cm³/mol. The van der Waals surface area contributed by atoms with Gasteiger partial charge in [0.05, 0.1) is 0 Å². The van der Waals surface area contributed by atoms with Gasteiger partial charge in [0.2, 0.25) is 0 Å². The van der Waals surface area contributed by atoms with Gasteiger partial charge in [-0.1, -0.05) is 28.9 Å². The van der Waals surface area contributed by atoms with Crippen LogP contribution in [0.4, 0.5) is 0 Å². The Bertz CT molecular complexity index is 548. The number of hydrogen-bond acceptors (Lipinski definition) is 4. The summed E-state index contributed by atoms with van der Waals surface area (Å²) in [5.74, 6) is -0.429. The Labute approximate surface area is 117 Å². The van der Waals surface area contributed by atoms with E-state index >= 15 is 0 Å². The van der Waals surface area contributed by atoms with E-state index < -0.39 is 5.97 Å². The van der Waals surface area contributed by atoms with Crippen LogP contribution in [0.5, 0.6) is 0 Å². The van der Waals surface area contributed by atoms with Gasteiger partial charge >= 0.3 is 5.97 Å². The van der Waals surface area contributed by atoms with Crippen molar-refractivity contribution in [3.8, 4) is 0 Å². The monoisotopic (exact) mass is 278 g/mol. The van der Waals surface area contributed by atoms with Crippen molar-refractivity contribution in [2.24, 2.45) is 5.16 Å². The normalized spacial score (nSPS) is 16.5. The van der Waals surface area contributed by atoms with Gasteiger partial charge in [-0.05, 0) is 26.0 Å². The first-order valence-electron chi connectivity index (χ1n) is 6.17. The molecule has 0 radical (unpaired) electrons. The molecular formula is C14H15ClN2O2. The molecule has 0 saturated heterocycles. The molecule has 0 aliphatic carbocycles. The Morgan fingerprint density at radius 3 is 2.74 bits per heavy atom. The molecule has 0 spiro atoms. The number of oxime groups is 1. The zero-order valence-electron chi connectivity index (χ0n) is 10.9. The van der Waals surface area contributed by atoms with Crippen LogP contribution in [0.1, 0.15) is 19.4 Å². The van der Waals surface area contributed by atoms with E-state index in [0.29, 0.717) is 16.3 Å². The van der Waals surface area contributed by atoms with Crippen LogP contribution in [0.25, 0.3) is 0 Å². The molecule has 0 atom stereocenters. The molecule has 1 aliphatic heterocycles. The molecule has 4 nitrogen and oxygen atoms in total. The average Bonchev–Trinajstić information content (AvgIpc) is 2.77. The second-order valence-electron chi connectivity index (χ2n) is 4.09. The highest BCUT2D eigenvalue weighted by Crippen LogP contribution is 2.21. The molecule has 0 N–H and O–H groups in total. The fourth-order valence-electron chi connectivity index (χ4n) is 1.83. The van der Waals surface area contributed by atoms with E-state index in [9.17, 15) is 4.79 Å². The summed E-state index contributed by atoms with van der Waals surface area (Å²) < 4.78 is 0. The molecule has 0 bridgehead atoms. The van der Waals surface area contributed by atoms with Crippen LogP contribution >= 0.6 is 11.6 Å². The maximum Gasteiger partial charge on any atom is 0.369 e. The van der Waals surface area contributed by atoms with Crippen molar-refractivity contribution < 1.29 is 9.63 Å². The summed E-state index contributed by atoms with van der Waals surface area (Å²) >= 11 is 5.96. The quantitative estimate of drug-likeness (QED) is 0.628. The number of benzene rings is 1. The number of hydrogen-bond donors (Lipinski definition) is 0. The lowest BCUT2D eigenvalue weighted by Gasteiger charge is -2.15. The highest BCUT2D eigenvalue weighted by molar-refractivity contribution is 6.32. The van der Waals surface area contributed by atoms with Gasteiger partial charge in [0.15, 0.2) is 0 Å². The molecule has 0 aromatic heterocycles. The van der Waals surface area contributed by atoms with Crippen molar-refractivity contribution in [3.63, 3.8) is 0 Å².